The molecule has 1 aliphatic rings. The fourth-order valence-electron chi connectivity index (χ4n) is 3.32. The molecule has 4 rings (SSSR count). The topological polar surface area (TPSA) is 85.9 Å². The summed E-state index contributed by atoms with van der Waals surface area (Å²) in [5.74, 6) is 1.15. The molecule has 1 saturated heterocycles. The van der Waals surface area contributed by atoms with E-state index in [0.717, 1.165) is 23.6 Å². The molecule has 27 heavy (non-hydrogen) atoms. The number of imidazole rings is 1. The van der Waals surface area contributed by atoms with Gasteiger partial charge in [0.2, 0.25) is 10.0 Å². The van der Waals surface area contributed by atoms with Crippen LogP contribution in [0.4, 0.5) is 0 Å². The molecule has 0 aromatic carbocycles. The van der Waals surface area contributed by atoms with Gasteiger partial charge in [-0.05, 0) is 26.0 Å². The number of hydrogen-bond donors (Lipinski definition) is 0. The fourth-order valence-corrected chi connectivity index (χ4v) is 4.86. The normalized spacial score (nSPS) is 15.8. The van der Waals surface area contributed by atoms with Crippen molar-refractivity contribution < 1.29 is 8.42 Å². The molecule has 0 bridgehead atoms. The Balaban J connectivity index is 1.46. The summed E-state index contributed by atoms with van der Waals surface area (Å²) in [5, 5.41) is 4.07. The van der Waals surface area contributed by atoms with Crippen molar-refractivity contribution in [3.05, 3.63) is 48.8 Å². The van der Waals surface area contributed by atoms with E-state index in [2.05, 4.69) is 19.6 Å². The van der Waals surface area contributed by atoms with E-state index in [1.54, 1.807) is 23.3 Å². The number of nitrogens with zero attached hydrogens (tertiary/aromatic N) is 6. The Morgan fingerprint density at radius 2 is 1.93 bits per heavy atom. The van der Waals surface area contributed by atoms with E-state index in [4.69, 9.17) is 0 Å². The third-order valence-electron chi connectivity index (χ3n) is 4.93. The van der Waals surface area contributed by atoms with E-state index in [1.165, 1.54) is 10.5 Å². The monoisotopic (exact) mass is 386 g/mol. The van der Waals surface area contributed by atoms with E-state index < -0.39 is 10.0 Å². The number of hydrogen-bond acceptors (Lipinski definition) is 5. The number of aryl methyl sites for hydroxylation is 2. The molecule has 9 heteroatoms. The second-order valence-corrected chi connectivity index (χ2v) is 8.73. The Bertz CT molecular complexity index is 1040. The third kappa shape index (κ3) is 3.28. The molecule has 0 unspecified atom stereocenters. The van der Waals surface area contributed by atoms with Crippen LogP contribution >= 0.6 is 0 Å². The van der Waals surface area contributed by atoms with Crippen molar-refractivity contribution in [1.82, 2.24) is 28.6 Å². The van der Waals surface area contributed by atoms with Gasteiger partial charge < -0.3 is 4.57 Å². The first-order chi connectivity index (χ1) is 13.0. The van der Waals surface area contributed by atoms with Crippen LogP contribution in [-0.2, 0) is 23.1 Å². The Morgan fingerprint density at radius 1 is 1.19 bits per heavy atom. The van der Waals surface area contributed by atoms with Crippen molar-refractivity contribution in [2.24, 2.45) is 5.92 Å². The quantitative estimate of drug-likeness (QED) is 0.645. The summed E-state index contributed by atoms with van der Waals surface area (Å²) in [6.45, 7) is 6.35. The highest BCUT2D eigenvalue weighted by atomic mass is 32.2. The summed E-state index contributed by atoms with van der Waals surface area (Å²) < 4.78 is 30.7. The highest BCUT2D eigenvalue weighted by Gasteiger charge is 2.37. The smallest absolute Gasteiger partial charge is 0.246 e. The molecule has 1 aliphatic heterocycles. The van der Waals surface area contributed by atoms with Crippen LogP contribution in [0.3, 0.4) is 0 Å². The maximum absolute atomic E-state index is 12.7. The van der Waals surface area contributed by atoms with Crippen molar-refractivity contribution in [3.63, 3.8) is 0 Å². The van der Waals surface area contributed by atoms with Crippen molar-refractivity contribution in [3.8, 4) is 11.4 Å². The van der Waals surface area contributed by atoms with Gasteiger partial charge in [-0.2, -0.15) is 9.40 Å². The van der Waals surface area contributed by atoms with Gasteiger partial charge >= 0.3 is 0 Å². The van der Waals surface area contributed by atoms with Crippen LogP contribution < -0.4 is 0 Å². The molecule has 142 valence electrons. The lowest BCUT2D eigenvalue weighted by Gasteiger charge is -2.38. The summed E-state index contributed by atoms with van der Waals surface area (Å²) in [4.78, 5) is 8.83. The first-order valence-corrected chi connectivity index (χ1v) is 10.4. The minimum absolute atomic E-state index is 0.259. The zero-order valence-electron chi connectivity index (χ0n) is 15.4. The molecule has 0 N–H and O–H groups in total. The SMILES string of the molecule is CCn1cc(S(=O)(=O)N2CC(Cn3c(C)cnc3-c3ccncc3)C2)cn1. The Labute approximate surface area is 158 Å². The van der Waals surface area contributed by atoms with Gasteiger partial charge in [-0.1, -0.05) is 0 Å². The Kier molecular flexibility index (Phi) is 4.56. The lowest BCUT2D eigenvalue weighted by Crippen LogP contribution is -2.51. The predicted molar refractivity (Wildman–Crippen MR) is 100 cm³/mol. The molecule has 0 amide bonds. The number of sulfonamides is 1. The lowest BCUT2D eigenvalue weighted by molar-refractivity contribution is 0.179. The van der Waals surface area contributed by atoms with Crippen LogP contribution in [-0.4, -0.2) is 50.1 Å². The summed E-state index contributed by atoms with van der Waals surface area (Å²) in [6, 6.07) is 3.86. The second kappa shape index (κ2) is 6.90. The van der Waals surface area contributed by atoms with E-state index in [0.29, 0.717) is 19.6 Å². The van der Waals surface area contributed by atoms with Crippen LogP contribution in [0, 0.1) is 12.8 Å². The Morgan fingerprint density at radius 3 is 2.59 bits per heavy atom. The van der Waals surface area contributed by atoms with Crippen LogP contribution in [0.1, 0.15) is 12.6 Å². The molecule has 0 atom stereocenters. The number of rotatable bonds is 6. The summed E-state index contributed by atoms with van der Waals surface area (Å²) in [7, 11) is -3.46. The highest BCUT2D eigenvalue weighted by Crippen LogP contribution is 2.28. The standard InChI is InChI=1S/C18H22N6O2S/c1-3-22-13-17(9-21-22)27(25,26)23-10-15(11-23)12-24-14(2)8-20-18(24)16-4-6-19-7-5-16/h4-9,13,15H,3,10-12H2,1-2H3. The number of aromatic nitrogens is 5. The molecule has 0 saturated carbocycles. The van der Waals surface area contributed by atoms with Gasteiger partial charge in [0, 0.05) is 68.1 Å². The minimum Gasteiger partial charge on any atom is -0.328 e. The van der Waals surface area contributed by atoms with Crippen molar-refractivity contribution in [2.45, 2.75) is 31.8 Å². The molecular weight excluding hydrogens is 364 g/mol. The predicted octanol–water partition coefficient (Wildman–Crippen LogP) is 1.79. The average molecular weight is 386 g/mol. The van der Waals surface area contributed by atoms with Crippen molar-refractivity contribution in [1.29, 1.82) is 0 Å². The van der Waals surface area contributed by atoms with E-state index in [1.807, 2.05) is 32.2 Å². The van der Waals surface area contributed by atoms with Gasteiger partial charge in [-0.15, -0.1) is 0 Å². The van der Waals surface area contributed by atoms with E-state index in [-0.39, 0.29) is 10.8 Å². The van der Waals surface area contributed by atoms with Crippen LogP contribution in [0.5, 0.6) is 0 Å². The van der Waals surface area contributed by atoms with E-state index in [9.17, 15) is 8.42 Å². The molecule has 3 aromatic heterocycles. The first kappa shape index (κ1) is 17.9. The highest BCUT2D eigenvalue weighted by molar-refractivity contribution is 7.89. The van der Waals surface area contributed by atoms with Gasteiger partial charge in [-0.25, -0.2) is 13.4 Å². The summed E-state index contributed by atoms with van der Waals surface area (Å²) in [6.07, 6.45) is 8.36. The molecule has 0 spiro atoms. The third-order valence-corrected chi connectivity index (χ3v) is 6.71. The zero-order chi connectivity index (χ0) is 19.0. The summed E-state index contributed by atoms with van der Waals surface area (Å²) >= 11 is 0. The zero-order valence-corrected chi connectivity index (χ0v) is 16.2. The van der Waals surface area contributed by atoms with Crippen molar-refractivity contribution in [2.75, 3.05) is 13.1 Å². The molecule has 0 aliphatic carbocycles. The summed E-state index contributed by atoms with van der Waals surface area (Å²) in [5.41, 5.74) is 2.07. The van der Waals surface area contributed by atoms with Crippen LogP contribution in [0.25, 0.3) is 11.4 Å². The molecule has 0 radical (unpaired) electrons. The van der Waals surface area contributed by atoms with Gasteiger partial charge in [0.05, 0.1) is 6.20 Å². The molecule has 1 fully saturated rings. The Hall–Kier alpha value is -2.52. The van der Waals surface area contributed by atoms with Gasteiger partial charge in [-0.3, -0.25) is 9.67 Å². The van der Waals surface area contributed by atoms with Gasteiger partial charge in [0.1, 0.15) is 10.7 Å². The van der Waals surface area contributed by atoms with Crippen LogP contribution in [0.15, 0.2) is 48.0 Å². The molecular formula is C18H22N6O2S. The second-order valence-electron chi connectivity index (χ2n) is 6.79. The van der Waals surface area contributed by atoms with Gasteiger partial charge in [0.15, 0.2) is 0 Å². The average Bonchev–Trinajstić information content (AvgIpc) is 3.25. The van der Waals surface area contributed by atoms with Gasteiger partial charge in [0.25, 0.3) is 0 Å². The molecule has 3 aromatic rings. The van der Waals surface area contributed by atoms with Crippen LogP contribution in [0.2, 0.25) is 0 Å². The fraction of sp³-hybridized carbons (Fsp3) is 0.389. The lowest BCUT2D eigenvalue weighted by atomic mass is 10.0. The van der Waals surface area contributed by atoms with Crippen molar-refractivity contribution >= 4 is 10.0 Å². The number of pyridine rings is 1. The maximum atomic E-state index is 12.7. The largest absolute Gasteiger partial charge is 0.328 e. The molecule has 4 heterocycles. The van der Waals surface area contributed by atoms with E-state index >= 15 is 0 Å². The first-order valence-electron chi connectivity index (χ1n) is 8.94. The maximum Gasteiger partial charge on any atom is 0.246 e. The minimum atomic E-state index is -3.46. The molecule has 8 nitrogen and oxygen atoms in total.